The molecule has 0 saturated heterocycles. The molecule has 1 aliphatic heterocycles. The maximum atomic E-state index is 15.6. The maximum Gasteiger partial charge on any atom is 0.259 e. The molecule has 53 heavy (non-hydrogen) atoms. The number of methoxy groups -OCH3 is 1. The molecule has 0 unspecified atom stereocenters. The van der Waals surface area contributed by atoms with Gasteiger partial charge in [-0.25, -0.2) is 22.5 Å². The zero-order chi connectivity index (χ0) is 37.8. The van der Waals surface area contributed by atoms with Crippen molar-refractivity contribution in [3.63, 3.8) is 0 Å². The first-order valence-corrected chi connectivity index (χ1v) is 20.2. The summed E-state index contributed by atoms with van der Waals surface area (Å²) >= 11 is 0. The Balaban J connectivity index is 1.24. The summed E-state index contributed by atoms with van der Waals surface area (Å²) < 4.78 is 57.3. The number of fused-ring (bicyclic) bond motifs is 2. The van der Waals surface area contributed by atoms with Crippen molar-refractivity contribution in [1.82, 2.24) is 30.1 Å². The first kappa shape index (κ1) is 38.2. The number of allylic oxidation sites excluding steroid dienone is 1. The molecule has 15 heteroatoms. The van der Waals surface area contributed by atoms with E-state index in [-0.39, 0.29) is 54.7 Å². The second-order valence-corrected chi connectivity index (χ2v) is 16.5. The van der Waals surface area contributed by atoms with Gasteiger partial charge in [-0.1, -0.05) is 51.7 Å². The zero-order valence-corrected chi connectivity index (χ0v) is 31.3. The number of halogens is 1. The third-order valence-corrected chi connectivity index (χ3v) is 12.3. The first-order chi connectivity index (χ1) is 25.4. The third kappa shape index (κ3) is 8.66. The van der Waals surface area contributed by atoms with Crippen LogP contribution in [0.2, 0.25) is 0 Å². The van der Waals surface area contributed by atoms with Gasteiger partial charge in [-0.3, -0.25) is 19.1 Å². The lowest BCUT2D eigenvalue weighted by Gasteiger charge is -2.26. The largest absolute Gasteiger partial charge is 0.494 e. The van der Waals surface area contributed by atoms with Crippen LogP contribution in [0, 0.1) is 11.7 Å². The number of carbonyl (C=O) groups is 3. The Hall–Kier alpha value is -4.53. The SMILES string of the molecule is COc1ccc2c(OCC[C@@H]3NC(=O)CCCCCC=C[C@@H]4C[C@@]4(C(=O)NS(=O)(=O)C4CCCCC4)NC3=O)cc(-n3ccc(C(C)C)n3)nc2c1F. The fourth-order valence-corrected chi connectivity index (χ4v) is 8.70. The van der Waals surface area contributed by atoms with Crippen LogP contribution in [0.3, 0.4) is 0 Å². The minimum Gasteiger partial charge on any atom is -0.494 e. The lowest BCUT2D eigenvalue weighted by atomic mass is 10.0. The lowest BCUT2D eigenvalue weighted by Crippen LogP contribution is -2.57. The molecule has 0 bridgehead atoms. The van der Waals surface area contributed by atoms with Crippen LogP contribution in [-0.2, 0) is 24.4 Å². The molecule has 0 spiro atoms. The number of amides is 3. The Kier molecular flexibility index (Phi) is 11.7. The van der Waals surface area contributed by atoms with E-state index in [0.717, 1.165) is 44.2 Å². The summed E-state index contributed by atoms with van der Waals surface area (Å²) in [5.74, 6) is -2.07. The predicted molar refractivity (Wildman–Crippen MR) is 197 cm³/mol. The van der Waals surface area contributed by atoms with E-state index in [4.69, 9.17) is 9.47 Å². The highest BCUT2D eigenvalue weighted by Crippen LogP contribution is 2.45. The minimum absolute atomic E-state index is 0.00597. The molecule has 2 aromatic heterocycles. The quantitative estimate of drug-likeness (QED) is 0.238. The highest BCUT2D eigenvalue weighted by atomic mass is 32.2. The van der Waals surface area contributed by atoms with Crippen LogP contribution in [0.15, 0.2) is 42.6 Å². The standard InChI is InChI=1S/C38H49FN6O7S/c1-24(2)28-18-20-45(43-28)32-22-31(27-16-17-30(51-3)34(39)35(27)41-32)52-21-19-29-36(47)42-38(37(48)44-53(49,50)26-13-9-7-10-14-26)23-25(38)12-8-5-4-6-11-15-33(46)40-29/h8,12,16-18,20,22,24-26,29H,4-7,9-11,13-15,19,21,23H2,1-3H3,(H,40,46)(H,42,47)(H,44,48)/t25-,29+,38-/m1/s1. The number of carbonyl (C=O) groups excluding carboxylic acids is 3. The number of hydrogen-bond donors (Lipinski definition) is 3. The summed E-state index contributed by atoms with van der Waals surface area (Å²) in [5.41, 5.74) is -0.650. The molecule has 2 aliphatic carbocycles. The summed E-state index contributed by atoms with van der Waals surface area (Å²) in [4.78, 5) is 45.3. The molecule has 3 atom stereocenters. The number of hydrogen-bond acceptors (Lipinski definition) is 9. The van der Waals surface area contributed by atoms with Crippen molar-refractivity contribution < 1.29 is 36.7 Å². The van der Waals surface area contributed by atoms with Crippen LogP contribution in [0.1, 0.15) is 103 Å². The summed E-state index contributed by atoms with van der Waals surface area (Å²) in [6, 6.07) is 5.48. The molecule has 2 fully saturated rings. The smallest absolute Gasteiger partial charge is 0.259 e. The summed E-state index contributed by atoms with van der Waals surface area (Å²) in [6.45, 7) is 3.93. The molecule has 3 heterocycles. The summed E-state index contributed by atoms with van der Waals surface area (Å²) in [5, 5.41) is 9.94. The molecule has 3 aromatic rings. The van der Waals surface area contributed by atoms with E-state index in [1.54, 1.807) is 18.3 Å². The molecule has 3 N–H and O–H groups in total. The number of ether oxygens (including phenoxy) is 2. The van der Waals surface area contributed by atoms with Crippen molar-refractivity contribution in [3.05, 3.63) is 54.1 Å². The fraction of sp³-hybridized carbons (Fsp3) is 0.553. The van der Waals surface area contributed by atoms with Gasteiger partial charge in [0.1, 0.15) is 22.8 Å². The molecule has 3 aliphatic rings. The van der Waals surface area contributed by atoms with Crippen molar-refractivity contribution in [2.24, 2.45) is 5.92 Å². The summed E-state index contributed by atoms with van der Waals surface area (Å²) in [7, 11) is -2.59. The Morgan fingerprint density at radius 2 is 1.87 bits per heavy atom. The molecular weight excluding hydrogens is 704 g/mol. The normalized spacial score (nSPS) is 23.1. The number of sulfonamides is 1. The van der Waals surface area contributed by atoms with Crippen LogP contribution < -0.4 is 24.8 Å². The van der Waals surface area contributed by atoms with Crippen molar-refractivity contribution >= 4 is 38.6 Å². The van der Waals surface area contributed by atoms with Crippen molar-refractivity contribution in [3.8, 4) is 17.3 Å². The van der Waals surface area contributed by atoms with Gasteiger partial charge in [-0.15, -0.1) is 0 Å². The number of aromatic nitrogens is 3. The summed E-state index contributed by atoms with van der Waals surface area (Å²) in [6.07, 6.45) is 12.5. The lowest BCUT2D eigenvalue weighted by molar-refractivity contribution is -0.132. The van der Waals surface area contributed by atoms with Crippen LogP contribution in [-0.4, -0.2) is 71.5 Å². The number of pyridine rings is 1. The number of rotatable bonds is 10. The van der Waals surface area contributed by atoms with Crippen molar-refractivity contribution in [1.29, 1.82) is 0 Å². The van der Waals surface area contributed by atoms with Gasteiger partial charge in [0.05, 0.1) is 24.7 Å². The van der Waals surface area contributed by atoms with Crippen LogP contribution in [0.4, 0.5) is 4.39 Å². The average molecular weight is 753 g/mol. The molecule has 1 aromatic carbocycles. The van der Waals surface area contributed by atoms with Gasteiger partial charge in [-0.2, -0.15) is 5.10 Å². The van der Waals surface area contributed by atoms with Gasteiger partial charge < -0.3 is 20.1 Å². The Bertz CT molecular complexity index is 1980. The van der Waals surface area contributed by atoms with Gasteiger partial charge in [0, 0.05) is 36.4 Å². The second kappa shape index (κ2) is 16.2. The van der Waals surface area contributed by atoms with Crippen LogP contribution in [0.5, 0.6) is 11.5 Å². The highest BCUT2D eigenvalue weighted by Gasteiger charge is 2.61. The van der Waals surface area contributed by atoms with E-state index in [2.05, 4.69) is 25.4 Å². The van der Waals surface area contributed by atoms with Gasteiger partial charge >= 0.3 is 0 Å². The Morgan fingerprint density at radius 3 is 2.60 bits per heavy atom. The van der Waals surface area contributed by atoms with Crippen molar-refractivity contribution in [2.75, 3.05) is 13.7 Å². The molecule has 286 valence electrons. The number of nitrogens with zero attached hydrogens (tertiary/aromatic N) is 3. The van der Waals surface area contributed by atoms with E-state index in [9.17, 15) is 22.8 Å². The van der Waals surface area contributed by atoms with Gasteiger partial charge in [0.2, 0.25) is 21.8 Å². The second-order valence-electron chi connectivity index (χ2n) is 14.6. The van der Waals surface area contributed by atoms with E-state index < -0.39 is 50.4 Å². The monoisotopic (exact) mass is 752 g/mol. The van der Waals surface area contributed by atoms with Crippen LogP contribution >= 0.6 is 0 Å². The molecule has 13 nitrogen and oxygen atoms in total. The predicted octanol–water partition coefficient (Wildman–Crippen LogP) is 5.12. The van der Waals surface area contributed by atoms with Crippen LogP contribution in [0.25, 0.3) is 16.7 Å². The fourth-order valence-electron chi connectivity index (χ4n) is 7.14. The molecule has 6 rings (SSSR count). The average Bonchev–Trinajstić information content (AvgIpc) is 3.59. The van der Waals surface area contributed by atoms with E-state index in [1.165, 1.54) is 17.9 Å². The Morgan fingerprint density at radius 1 is 1.09 bits per heavy atom. The molecular formula is C38H49FN6O7S. The maximum absolute atomic E-state index is 15.6. The first-order valence-electron chi connectivity index (χ1n) is 18.6. The number of benzene rings is 1. The van der Waals surface area contributed by atoms with E-state index >= 15 is 4.39 Å². The molecule has 0 radical (unpaired) electrons. The third-order valence-electron chi connectivity index (χ3n) is 10.4. The van der Waals surface area contributed by atoms with E-state index in [0.29, 0.717) is 30.5 Å². The molecule has 3 amide bonds. The van der Waals surface area contributed by atoms with Gasteiger partial charge in [0.25, 0.3) is 5.91 Å². The topological polar surface area (TPSA) is 171 Å². The van der Waals surface area contributed by atoms with Crippen molar-refractivity contribution in [2.45, 2.75) is 114 Å². The zero-order valence-electron chi connectivity index (χ0n) is 30.5. The highest BCUT2D eigenvalue weighted by molar-refractivity contribution is 7.90. The Labute approximate surface area is 309 Å². The van der Waals surface area contributed by atoms with Gasteiger partial charge in [0.15, 0.2) is 17.4 Å². The van der Waals surface area contributed by atoms with Gasteiger partial charge in [-0.05, 0) is 62.6 Å². The minimum atomic E-state index is -3.95. The van der Waals surface area contributed by atoms with E-state index in [1.807, 2.05) is 32.1 Å². The number of nitrogens with one attached hydrogen (secondary N) is 3. The molecule has 2 saturated carbocycles.